The summed E-state index contributed by atoms with van der Waals surface area (Å²) in [6.45, 7) is 0.677. The van der Waals surface area contributed by atoms with Crippen LogP contribution in [0.15, 0.2) is 54.9 Å². The quantitative estimate of drug-likeness (QED) is 0.686. The predicted molar refractivity (Wildman–Crippen MR) is 82.2 cm³/mol. The standard InChI is InChI=1S/C15H15N5O/c16-15(21)19-13-6-4-12(5-7-13)17-9-11-10-18-20-8-2-1-3-14(11)20/h1-8,10,17H,9H2,(H3,16,19,21). The number of nitrogens with one attached hydrogen (secondary N) is 2. The third kappa shape index (κ3) is 2.94. The summed E-state index contributed by atoms with van der Waals surface area (Å²) >= 11 is 0. The molecule has 6 heteroatoms. The maximum atomic E-state index is 10.7. The van der Waals surface area contributed by atoms with Gasteiger partial charge in [-0.2, -0.15) is 5.10 Å². The molecule has 1 aromatic carbocycles. The first kappa shape index (κ1) is 13.0. The Kier molecular flexibility index (Phi) is 3.42. The number of rotatable bonds is 4. The van der Waals surface area contributed by atoms with E-state index in [1.807, 2.05) is 47.2 Å². The Morgan fingerprint density at radius 2 is 1.90 bits per heavy atom. The van der Waals surface area contributed by atoms with E-state index in [9.17, 15) is 4.79 Å². The molecule has 0 unspecified atom stereocenters. The molecule has 4 N–H and O–H groups in total. The van der Waals surface area contributed by atoms with Gasteiger partial charge in [-0.05, 0) is 36.4 Å². The maximum absolute atomic E-state index is 10.7. The minimum Gasteiger partial charge on any atom is -0.381 e. The Bertz CT molecular complexity index is 763. The number of nitrogens with zero attached hydrogens (tertiary/aromatic N) is 2. The fraction of sp³-hybridized carbons (Fsp3) is 0.0667. The van der Waals surface area contributed by atoms with Crippen molar-refractivity contribution in [3.8, 4) is 0 Å². The summed E-state index contributed by atoms with van der Waals surface area (Å²) in [6.07, 6.45) is 3.77. The van der Waals surface area contributed by atoms with E-state index in [2.05, 4.69) is 15.7 Å². The summed E-state index contributed by atoms with van der Waals surface area (Å²) in [7, 11) is 0. The number of urea groups is 1. The Morgan fingerprint density at radius 3 is 2.67 bits per heavy atom. The summed E-state index contributed by atoms with van der Waals surface area (Å²) in [5, 5.41) is 10.1. The molecular weight excluding hydrogens is 266 g/mol. The summed E-state index contributed by atoms with van der Waals surface area (Å²) in [5.74, 6) is 0. The number of nitrogens with two attached hydrogens (primary N) is 1. The van der Waals surface area contributed by atoms with Crippen molar-refractivity contribution >= 4 is 22.9 Å². The Labute approximate surface area is 121 Å². The zero-order chi connectivity index (χ0) is 14.7. The van der Waals surface area contributed by atoms with E-state index in [4.69, 9.17) is 5.73 Å². The van der Waals surface area contributed by atoms with Crippen LogP contribution < -0.4 is 16.4 Å². The largest absolute Gasteiger partial charge is 0.381 e. The molecule has 0 saturated heterocycles. The molecule has 0 radical (unpaired) electrons. The van der Waals surface area contributed by atoms with Gasteiger partial charge >= 0.3 is 6.03 Å². The van der Waals surface area contributed by atoms with Gasteiger partial charge in [0.25, 0.3) is 0 Å². The molecule has 3 aromatic rings. The van der Waals surface area contributed by atoms with Crippen LogP contribution in [-0.2, 0) is 6.54 Å². The van der Waals surface area contributed by atoms with E-state index in [0.29, 0.717) is 12.2 Å². The number of amides is 2. The topological polar surface area (TPSA) is 84.5 Å². The highest BCUT2D eigenvalue weighted by atomic mass is 16.2. The molecule has 0 atom stereocenters. The summed E-state index contributed by atoms with van der Waals surface area (Å²) in [6, 6.07) is 12.8. The fourth-order valence-corrected chi connectivity index (χ4v) is 2.13. The molecule has 2 aromatic heterocycles. The molecule has 2 amide bonds. The van der Waals surface area contributed by atoms with Crippen LogP contribution in [0, 0.1) is 0 Å². The average Bonchev–Trinajstić information content (AvgIpc) is 2.89. The number of fused-ring (bicyclic) bond motifs is 1. The smallest absolute Gasteiger partial charge is 0.316 e. The molecule has 0 saturated carbocycles. The van der Waals surface area contributed by atoms with Gasteiger partial charge in [-0.25, -0.2) is 9.31 Å². The van der Waals surface area contributed by atoms with Crippen molar-refractivity contribution in [2.24, 2.45) is 5.73 Å². The number of benzene rings is 1. The lowest BCUT2D eigenvalue weighted by molar-refractivity contribution is 0.259. The van der Waals surface area contributed by atoms with Crippen molar-refractivity contribution in [1.29, 1.82) is 0 Å². The number of primary amides is 1. The van der Waals surface area contributed by atoms with Crippen LogP contribution in [0.5, 0.6) is 0 Å². The van der Waals surface area contributed by atoms with Crippen molar-refractivity contribution in [1.82, 2.24) is 9.61 Å². The first-order chi connectivity index (χ1) is 10.2. The number of carbonyl (C=O) groups excluding carboxylic acids is 1. The third-order valence-electron chi connectivity index (χ3n) is 3.14. The Morgan fingerprint density at radius 1 is 1.14 bits per heavy atom. The molecule has 0 fully saturated rings. The number of hydrogen-bond acceptors (Lipinski definition) is 3. The van der Waals surface area contributed by atoms with Crippen LogP contribution in [0.3, 0.4) is 0 Å². The van der Waals surface area contributed by atoms with E-state index in [0.717, 1.165) is 16.8 Å². The molecule has 3 rings (SSSR count). The lowest BCUT2D eigenvalue weighted by Crippen LogP contribution is -2.19. The van der Waals surface area contributed by atoms with Gasteiger partial charge in [-0.1, -0.05) is 6.07 Å². The molecule has 0 aliphatic rings. The highest BCUT2D eigenvalue weighted by Gasteiger charge is 2.03. The van der Waals surface area contributed by atoms with Crippen molar-refractivity contribution in [3.63, 3.8) is 0 Å². The van der Waals surface area contributed by atoms with Crippen LogP contribution in [0.4, 0.5) is 16.2 Å². The molecule has 0 bridgehead atoms. The molecule has 0 aliphatic carbocycles. The minimum atomic E-state index is -0.568. The summed E-state index contributed by atoms with van der Waals surface area (Å²) in [5.41, 5.74) is 8.89. The first-order valence-corrected chi connectivity index (χ1v) is 6.54. The van der Waals surface area contributed by atoms with E-state index < -0.39 is 6.03 Å². The van der Waals surface area contributed by atoms with Crippen LogP contribution in [0.25, 0.3) is 5.52 Å². The van der Waals surface area contributed by atoms with Gasteiger partial charge in [0.2, 0.25) is 0 Å². The van der Waals surface area contributed by atoms with Gasteiger partial charge in [0.05, 0.1) is 11.7 Å². The van der Waals surface area contributed by atoms with Crippen molar-refractivity contribution in [2.45, 2.75) is 6.54 Å². The van der Waals surface area contributed by atoms with Crippen LogP contribution in [0.2, 0.25) is 0 Å². The molecule has 21 heavy (non-hydrogen) atoms. The number of pyridine rings is 1. The molecular formula is C15H15N5O. The SMILES string of the molecule is NC(=O)Nc1ccc(NCc2cnn3ccccc23)cc1. The average molecular weight is 281 g/mol. The lowest BCUT2D eigenvalue weighted by atomic mass is 10.2. The summed E-state index contributed by atoms with van der Waals surface area (Å²) in [4.78, 5) is 10.7. The van der Waals surface area contributed by atoms with Gasteiger partial charge in [0, 0.05) is 29.7 Å². The normalized spacial score (nSPS) is 10.5. The lowest BCUT2D eigenvalue weighted by Gasteiger charge is -2.07. The van der Waals surface area contributed by atoms with Gasteiger partial charge in [-0.15, -0.1) is 0 Å². The predicted octanol–water partition coefficient (Wildman–Crippen LogP) is 2.44. The van der Waals surface area contributed by atoms with E-state index in [1.54, 1.807) is 12.1 Å². The number of aromatic nitrogens is 2. The van der Waals surface area contributed by atoms with Crippen molar-refractivity contribution in [3.05, 3.63) is 60.4 Å². The highest BCUT2D eigenvalue weighted by molar-refractivity contribution is 5.87. The minimum absolute atomic E-state index is 0.568. The van der Waals surface area contributed by atoms with Gasteiger partial charge in [-0.3, -0.25) is 0 Å². The Hall–Kier alpha value is -3.02. The van der Waals surface area contributed by atoms with Gasteiger partial charge in [0.1, 0.15) is 0 Å². The highest BCUT2D eigenvalue weighted by Crippen LogP contribution is 2.16. The van der Waals surface area contributed by atoms with Crippen LogP contribution in [0.1, 0.15) is 5.56 Å². The molecule has 106 valence electrons. The number of anilines is 2. The van der Waals surface area contributed by atoms with E-state index >= 15 is 0 Å². The van der Waals surface area contributed by atoms with Crippen molar-refractivity contribution < 1.29 is 4.79 Å². The fourth-order valence-electron chi connectivity index (χ4n) is 2.13. The molecule has 0 spiro atoms. The number of hydrogen-bond donors (Lipinski definition) is 3. The zero-order valence-electron chi connectivity index (χ0n) is 11.3. The molecule has 6 nitrogen and oxygen atoms in total. The van der Waals surface area contributed by atoms with Crippen LogP contribution in [-0.4, -0.2) is 15.6 Å². The second kappa shape index (κ2) is 5.54. The van der Waals surface area contributed by atoms with Gasteiger partial charge < -0.3 is 16.4 Å². The number of carbonyl (C=O) groups is 1. The summed E-state index contributed by atoms with van der Waals surface area (Å²) < 4.78 is 1.84. The first-order valence-electron chi connectivity index (χ1n) is 6.54. The van der Waals surface area contributed by atoms with Crippen LogP contribution >= 0.6 is 0 Å². The third-order valence-corrected chi connectivity index (χ3v) is 3.14. The van der Waals surface area contributed by atoms with E-state index in [-0.39, 0.29) is 0 Å². The molecule has 2 heterocycles. The monoisotopic (exact) mass is 281 g/mol. The zero-order valence-corrected chi connectivity index (χ0v) is 11.3. The van der Waals surface area contributed by atoms with E-state index in [1.165, 1.54) is 0 Å². The Balaban J connectivity index is 1.68. The second-order valence-electron chi connectivity index (χ2n) is 4.62. The molecule has 0 aliphatic heterocycles. The second-order valence-corrected chi connectivity index (χ2v) is 4.62. The maximum Gasteiger partial charge on any atom is 0.316 e. The van der Waals surface area contributed by atoms with Gasteiger partial charge in [0.15, 0.2) is 0 Å². The van der Waals surface area contributed by atoms with Crippen molar-refractivity contribution in [2.75, 3.05) is 10.6 Å².